The molecule has 1 N–H and O–H groups in total. The van der Waals surface area contributed by atoms with Gasteiger partial charge in [0.15, 0.2) is 5.82 Å². The molecule has 2 fully saturated rings. The maximum atomic E-state index is 9.57. The van der Waals surface area contributed by atoms with Crippen molar-refractivity contribution in [3.8, 4) is 11.4 Å². The average Bonchev–Trinajstić information content (AvgIpc) is 2.71. The van der Waals surface area contributed by atoms with Gasteiger partial charge in [-0.15, -0.1) is 0 Å². The number of anilines is 1. The number of likely N-dealkylation sites (tertiary alicyclic amines) is 1. The van der Waals surface area contributed by atoms with Crippen LogP contribution in [0.1, 0.15) is 12.8 Å². The SMILES string of the molecule is OC1CN(C2CCN(c3nc(-c4ccccc4)nc4ccccc34)CC2)C1. The molecule has 2 aliphatic heterocycles. The van der Waals surface area contributed by atoms with Crippen LogP contribution < -0.4 is 4.90 Å². The van der Waals surface area contributed by atoms with Crippen LogP contribution in [0.15, 0.2) is 54.6 Å². The summed E-state index contributed by atoms with van der Waals surface area (Å²) in [6.45, 7) is 3.65. The van der Waals surface area contributed by atoms with Gasteiger partial charge in [-0.1, -0.05) is 42.5 Å². The Morgan fingerprint density at radius 1 is 0.852 bits per heavy atom. The Labute approximate surface area is 159 Å². The standard InChI is InChI=1S/C22H24N4O/c27-18-14-26(15-18)17-10-12-25(13-11-17)22-19-8-4-5-9-20(19)23-21(24-22)16-6-2-1-3-7-16/h1-9,17-18,27H,10-15H2. The summed E-state index contributed by atoms with van der Waals surface area (Å²) in [5.41, 5.74) is 2.04. The Balaban J connectivity index is 1.45. The molecule has 2 saturated heterocycles. The number of fused-ring (bicyclic) bond motifs is 1. The molecule has 138 valence electrons. The quantitative estimate of drug-likeness (QED) is 0.778. The molecular formula is C22H24N4O. The molecule has 1 aromatic heterocycles. The Morgan fingerprint density at radius 2 is 1.56 bits per heavy atom. The first-order chi connectivity index (χ1) is 13.3. The van der Waals surface area contributed by atoms with Gasteiger partial charge in [0.25, 0.3) is 0 Å². The molecule has 0 amide bonds. The van der Waals surface area contributed by atoms with Gasteiger partial charge in [0.2, 0.25) is 0 Å². The number of aromatic nitrogens is 2. The summed E-state index contributed by atoms with van der Waals surface area (Å²) in [7, 11) is 0. The maximum Gasteiger partial charge on any atom is 0.162 e. The van der Waals surface area contributed by atoms with Gasteiger partial charge in [-0.3, -0.25) is 4.90 Å². The topological polar surface area (TPSA) is 52.5 Å². The van der Waals surface area contributed by atoms with Gasteiger partial charge in [0, 0.05) is 43.2 Å². The number of para-hydroxylation sites is 1. The molecule has 0 spiro atoms. The van der Waals surface area contributed by atoms with E-state index in [2.05, 4.69) is 40.1 Å². The van der Waals surface area contributed by atoms with Gasteiger partial charge in [0.1, 0.15) is 5.82 Å². The number of piperidine rings is 1. The number of benzene rings is 2. The summed E-state index contributed by atoms with van der Waals surface area (Å²) in [5, 5.41) is 10.7. The van der Waals surface area contributed by atoms with E-state index in [9.17, 15) is 5.11 Å². The van der Waals surface area contributed by atoms with Crippen LogP contribution >= 0.6 is 0 Å². The van der Waals surface area contributed by atoms with E-state index in [0.29, 0.717) is 6.04 Å². The Kier molecular flexibility index (Phi) is 4.26. The Hall–Kier alpha value is -2.50. The fourth-order valence-corrected chi connectivity index (χ4v) is 4.25. The van der Waals surface area contributed by atoms with Crippen molar-refractivity contribution in [2.75, 3.05) is 31.1 Å². The van der Waals surface area contributed by atoms with Gasteiger partial charge in [0.05, 0.1) is 11.6 Å². The second-order valence-corrected chi connectivity index (χ2v) is 7.58. The van der Waals surface area contributed by atoms with E-state index in [1.54, 1.807) is 0 Å². The lowest BCUT2D eigenvalue weighted by Gasteiger charge is -2.45. The highest BCUT2D eigenvalue weighted by molar-refractivity contribution is 5.91. The third kappa shape index (κ3) is 3.17. The molecule has 0 aliphatic carbocycles. The van der Waals surface area contributed by atoms with Crippen molar-refractivity contribution < 1.29 is 5.11 Å². The number of hydrogen-bond acceptors (Lipinski definition) is 5. The zero-order valence-electron chi connectivity index (χ0n) is 15.3. The van der Waals surface area contributed by atoms with E-state index >= 15 is 0 Å². The molecule has 27 heavy (non-hydrogen) atoms. The predicted octanol–water partition coefficient (Wildman–Crippen LogP) is 2.94. The highest BCUT2D eigenvalue weighted by Gasteiger charge is 2.33. The Bertz CT molecular complexity index is 931. The fourth-order valence-electron chi connectivity index (χ4n) is 4.25. The van der Waals surface area contributed by atoms with Crippen molar-refractivity contribution in [1.29, 1.82) is 0 Å². The lowest BCUT2D eigenvalue weighted by atomic mass is 9.98. The highest BCUT2D eigenvalue weighted by atomic mass is 16.3. The maximum absolute atomic E-state index is 9.57. The van der Waals surface area contributed by atoms with Gasteiger partial charge < -0.3 is 10.0 Å². The van der Waals surface area contributed by atoms with Crippen LogP contribution in [-0.2, 0) is 0 Å². The minimum absolute atomic E-state index is 0.123. The largest absolute Gasteiger partial charge is 0.390 e. The number of hydrogen-bond donors (Lipinski definition) is 1. The lowest BCUT2D eigenvalue weighted by molar-refractivity contribution is -0.0301. The van der Waals surface area contributed by atoms with Crippen LogP contribution in [0.25, 0.3) is 22.3 Å². The van der Waals surface area contributed by atoms with Crippen molar-refractivity contribution in [2.24, 2.45) is 0 Å². The molecule has 5 rings (SSSR count). The minimum atomic E-state index is -0.123. The Morgan fingerprint density at radius 3 is 2.30 bits per heavy atom. The first-order valence-corrected chi connectivity index (χ1v) is 9.77. The number of rotatable bonds is 3. The summed E-state index contributed by atoms with van der Waals surface area (Å²) >= 11 is 0. The van der Waals surface area contributed by atoms with Crippen LogP contribution in [0.4, 0.5) is 5.82 Å². The zero-order valence-corrected chi connectivity index (χ0v) is 15.3. The molecule has 0 bridgehead atoms. The number of β-amino-alcohol motifs (C(OH)–C–C–N with tert-alkyl or cyclic N) is 1. The molecule has 3 aromatic rings. The smallest absolute Gasteiger partial charge is 0.162 e. The van der Waals surface area contributed by atoms with Gasteiger partial charge >= 0.3 is 0 Å². The molecule has 2 aliphatic rings. The number of aliphatic hydroxyl groups excluding tert-OH is 1. The van der Waals surface area contributed by atoms with Crippen molar-refractivity contribution in [1.82, 2.24) is 14.9 Å². The molecule has 5 nitrogen and oxygen atoms in total. The first kappa shape index (κ1) is 16.7. The molecule has 0 unspecified atom stereocenters. The van der Waals surface area contributed by atoms with Crippen LogP contribution in [0.5, 0.6) is 0 Å². The highest BCUT2D eigenvalue weighted by Crippen LogP contribution is 2.31. The summed E-state index contributed by atoms with van der Waals surface area (Å²) in [5.74, 6) is 1.83. The molecule has 0 saturated carbocycles. The zero-order chi connectivity index (χ0) is 18.2. The summed E-state index contributed by atoms with van der Waals surface area (Å²) < 4.78 is 0. The monoisotopic (exact) mass is 360 g/mol. The van der Waals surface area contributed by atoms with Crippen LogP contribution in [0.3, 0.4) is 0 Å². The van der Waals surface area contributed by atoms with Gasteiger partial charge in [-0.25, -0.2) is 9.97 Å². The second kappa shape index (κ2) is 6.91. The van der Waals surface area contributed by atoms with Gasteiger partial charge in [-0.05, 0) is 25.0 Å². The molecule has 5 heteroatoms. The molecule has 0 radical (unpaired) electrons. The summed E-state index contributed by atoms with van der Waals surface area (Å²) in [4.78, 5) is 14.6. The first-order valence-electron chi connectivity index (χ1n) is 9.77. The third-order valence-corrected chi connectivity index (χ3v) is 5.79. The normalized spacial score (nSPS) is 19.4. The molecule has 3 heterocycles. The van der Waals surface area contributed by atoms with Crippen LogP contribution in [0.2, 0.25) is 0 Å². The fraction of sp³-hybridized carbons (Fsp3) is 0.364. The van der Waals surface area contributed by atoms with Crippen molar-refractivity contribution in [3.05, 3.63) is 54.6 Å². The number of nitrogens with zero attached hydrogens (tertiary/aromatic N) is 4. The third-order valence-electron chi connectivity index (χ3n) is 5.79. The van der Waals surface area contributed by atoms with E-state index in [1.807, 2.05) is 24.3 Å². The van der Waals surface area contributed by atoms with E-state index in [4.69, 9.17) is 9.97 Å². The molecule has 0 atom stereocenters. The average molecular weight is 360 g/mol. The van der Waals surface area contributed by atoms with Crippen molar-refractivity contribution in [3.63, 3.8) is 0 Å². The van der Waals surface area contributed by atoms with E-state index in [0.717, 1.165) is 67.1 Å². The second-order valence-electron chi connectivity index (χ2n) is 7.58. The van der Waals surface area contributed by atoms with E-state index in [-0.39, 0.29) is 6.10 Å². The van der Waals surface area contributed by atoms with E-state index < -0.39 is 0 Å². The predicted molar refractivity (Wildman–Crippen MR) is 108 cm³/mol. The van der Waals surface area contributed by atoms with Gasteiger partial charge in [-0.2, -0.15) is 0 Å². The van der Waals surface area contributed by atoms with Crippen LogP contribution in [-0.4, -0.2) is 58.3 Å². The minimum Gasteiger partial charge on any atom is -0.390 e. The molecular weight excluding hydrogens is 336 g/mol. The number of aliphatic hydroxyl groups is 1. The summed E-state index contributed by atoms with van der Waals surface area (Å²) in [6.07, 6.45) is 2.11. The molecule has 2 aromatic carbocycles. The summed E-state index contributed by atoms with van der Waals surface area (Å²) in [6, 6.07) is 19.1. The lowest BCUT2D eigenvalue weighted by Crippen LogP contribution is -2.57. The van der Waals surface area contributed by atoms with Crippen molar-refractivity contribution in [2.45, 2.75) is 25.0 Å². The van der Waals surface area contributed by atoms with E-state index in [1.165, 1.54) is 0 Å². The van der Waals surface area contributed by atoms with Crippen molar-refractivity contribution >= 4 is 16.7 Å². The van der Waals surface area contributed by atoms with Crippen LogP contribution in [0, 0.1) is 0 Å².